The van der Waals surface area contributed by atoms with Gasteiger partial charge in [-0.15, -0.1) is 0 Å². The van der Waals surface area contributed by atoms with Crippen molar-refractivity contribution in [1.29, 1.82) is 0 Å². The van der Waals surface area contributed by atoms with E-state index >= 15 is 0 Å². The van der Waals surface area contributed by atoms with Crippen LogP contribution in [0.4, 0.5) is 0 Å². The first kappa shape index (κ1) is 13.0. The smallest absolute Gasteiger partial charge is 0.280 e. The molecule has 2 aliphatic heterocycles. The maximum absolute atomic E-state index is 12.2. The minimum atomic E-state index is -3.42. The van der Waals surface area contributed by atoms with E-state index in [0.29, 0.717) is 18.3 Å². The van der Waals surface area contributed by atoms with Crippen LogP contribution in [0, 0.1) is 0 Å². The van der Waals surface area contributed by atoms with Gasteiger partial charge in [0.2, 0.25) is 0 Å². The lowest BCUT2D eigenvalue weighted by Crippen LogP contribution is -2.55. The van der Waals surface area contributed by atoms with Crippen molar-refractivity contribution in [2.75, 3.05) is 13.1 Å². The fourth-order valence-corrected chi connectivity index (χ4v) is 4.70. The van der Waals surface area contributed by atoms with Crippen molar-refractivity contribution in [3.63, 3.8) is 0 Å². The Bertz CT molecular complexity index is 544. The van der Waals surface area contributed by atoms with Crippen molar-refractivity contribution in [1.82, 2.24) is 19.5 Å². The average Bonchev–Trinajstić information content (AvgIpc) is 2.93. The molecule has 1 aromatic heterocycles. The molecule has 3 heterocycles. The molecule has 2 aliphatic rings. The van der Waals surface area contributed by atoms with E-state index in [1.165, 1.54) is 6.26 Å². The van der Waals surface area contributed by atoms with E-state index < -0.39 is 10.2 Å². The highest BCUT2D eigenvalue weighted by atomic mass is 32.2. The molecule has 0 radical (unpaired) electrons. The Hall–Kier alpha value is -0.960. The molecule has 0 amide bonds. The summed E-state index contributed by atoms with van der Waals surface area (Å²) in [5, 5.41) is 7.17. The average molecular weight is 286 g/mol. The second-order valence-corrected chi connectivity index (χ2v) is 7.04. The van der Waals surface area contributed by atoms with Gasteiger partial charge in [0.25, 0.3) is 10.2 Å². The minimum Gasteiger partial charge on any atom is -0.364 e. The molecule has 19 heavy (non-hydrogen) atoms. The van der Waals surface area contributed by atoms with Gasteiger partial charge in [0.1, 0.15) is 6.26 Å². The van der Waals surface area contributed by atoms with Crippen LogP contribution in [0.5, 0.6) is 0 Å². The molecule has 3 rings (SSSR count). The highest BCUT2D eigenvalue weighted by Gasteiger charge is 2.51. The molecule has 0 aromatic carbocycles. The van der Waals surface area contributed by atoms with E-state index in [9.17, 15) is 8.42 Å². The molecule has 0 bridgehead atoms. The Labute approximate surface area is 112 Å². The maximum Gasteiger partial charge on any atom is 0.280 e. The van der Waals surface area contributed by atoms with Gasteiger partial charge in [0, 0.05) is 18.7 Å². The first-order valence-electron chi connectivity index (χ1n) is 6.42. The second-order valence-electron chi connectivity index (χ2n) is 5.36. The Morgan fingerprint density at radius 3 is 3.16 bits per heavy atom. The molecule has 106 valence electrons. The Balaban J connectivity index is 1.91. The van der Waals surface area contributed by atoms with E-state index in [2.05, 4.69) is 22.1 Å². The Morgan fingerprint density at radius 1 is 1.63 bits per heavy atom. The van der Waals surface area contributed by atoms with Gasteiger partial charge < -0.3 is 9.84 Å². The van der Waals surface area contributed by atoms with Crippen molar-refractivity contribution < 1.29 is 12.9 Å². The summed E-state index contributed by atoms with van der Waals surface area (Å²) in [7, 11) is -3.42. The number of nitrogens with zero attached hydrogens (tertiary/aromatic N) is 2. The predicted octanol–water partition coefficient (Wildman–Crippen LogP) is -0.165. The van der Waals surface area contributed by atoms with Gasteiger partial charge in [-0.3, -0.25) is 0 Å². The summed E-state index contributed by atoms with van der Waals surface area (Å²) in [5.74, 6) is 0. The third-order valence-corrected chi connectivity index (χ3v) is 5.57. The van der Waals surface area contributed by atoms with Crippen LogP contribution in [-0.4, -0.2) is 42.5 Å². The SMILES string of the molecule is CC1CC2(CCN1)CNS(=O)(=O)N2Cc1ccon1. The predicted molar refractivity (Wildman–Crippen MR) is 68.4 cm³/mol. The van der Waals surface area contributed by atoms with Crippen LogP contribution in [0.15, 0.2) is 16.9 Å². The van der Waals surface area contributed by atoms with Crippen LogP contribution < -0.4 is 10.0 Å². The molecular weight excluding hydrogens is 268 g/mol. The lowest BCUT2D eigenvalue weighted by atomic mass is 9.84. The quantitative estimate of drug-likeness (QED) is 0.788. The van der Waals surface area contributed by atoms with Crippen molar-refractivity contribution in [2.24, 2.45) is 0 Å². The monoisotopic (exact) mass is 286 g/mol. The highest BCUT2D eigenvalue weighted by molar-refractivity contribution is 7.87. The van der Waals surface area contributed by atoms with Gasteiger partial charge in [-0.2, -0.15) is 12.7 Å². The molecule has 1 aromatic rings. The highest BCUT2D eigenvalue weighted by Crippen LogP contribution is 2.35. The van der Waals surface area contributed by atoms with Crippen LogP contribution in [0.2, 0.25) is 0 Å². The molecule has 7 nitrogen and oxygen atoms in total. The summed E-state index contributed by atoms with van der Waals surface area (Å²) in [6, 6.07) is 2.01. The Kier molecular flexibility index (Phi) is 3.12. The van der Waals surface area contributed by atoms with Crippen LogP contribution in [0.3, 0.4) is 0 Å². The number of aromatic nitrogens is 1. The van der Waals surface area contributed by atoms with Gasteiger partial charge in [-0.25, -0.2) is 4.72 Å². The molecule has 0 saturated carbocycles. The first-order chi connectivity index (χ1) is 9.02. The van der Waals surface area contributed by atoms with Gasteiger partial charge in [-0.05, 0) is 26.3 Å². The molecule has 8 heteroatoms. The Morgan fingerprint density at radius 2 is 2.47 bits per heavy atom. The first-order valence-corrected chi connectivity index (χ1v) is 7.86. The van der Waals surface area contributed by atoms with Gasteiger partial charge in [0.05, 0.1) is 17.8 Å². The van der Waals surface area contributed by atoms with Crippen LogP contribution in [0.25, 0.3) is 0 Å². The van der Waals surface area contributed by atoms with E-state index in [4.69, 9.17) is 4.52 Å². The summed E-state index contributed by atoms with van der Waals surface area (Å²) >= 11 is 0. The molecule has 2 atom stereocenters. The zero-order valence-electron chi connectivity index (χ0n) is 10.8. The lowest BCUT2D eigenvalue weighted by molar-refractivity contribution is 0.134. The lowest BCUT2D eigenvalue weighted by Gasteiger charge is -2.41. The van der Waals surface area contributed by atoms with E-state index in [-0.39, 0.29) is 12.1 Å². The summed E-state index contributed by atoms with van der Waals surface area (Å²) in [4.78, 5) is 0. The van der Waals surface area contributed by atoms with Crippen molar-refractivity contribution in [2.45, 2.75) is 37.9 Å². The van der Waals surface area contributed by atoms with Gasteiger partial charge in [0.15, 0.2) is 0 Å². The third kappa shape index (κ3) is 2.29. The number of rotatable bonds is 2. The molecule has 2 saturated heterocycles. The molecule has 2 fully saturated rings. The van der Waals surface area contributed by atoms with E-state index in [1.807, 2.05) is 0 Å². The summed E-state index contributed by atoms with van der Waals surface area (Å²) in [5.41, 5.74) is 0.292. The summed E-state index contributed by atoms with van der Waals surface area (Å²) in [6.07, 6.45) is 3.07. The minimum absolute atomic E-state index is 0.262. The molecule has 1 spiro atoms. The summed E-state index contributed by atoms with van der Waals surface area (Å²) < 4.78 is 33.4. The zero-order chi connectivity index (χ0) is 13.5. The molecule has 2 unspecified atom stereocenters. The third-order valence-electron chi connectivity index (χ3n) is 3.97. The van der Waals surface area contributed by atoms with Gasteiger partial charge in [-0.1, -0.05) is 5.16 Å². The second kappa shape index (κ2) is 4.55. The zero-order valence-corrected chi connectivity index (χ0v) is 11.6. The number of hydrogen-bond acceptors (Lipinski definition) is 5. The van der Waals surface area contributed by atoms with E-state index in [0.717, 1.165) is 19.4 Å². The largest absolute Gasteiger partial charge is 0.364 e. The number of hydrogen-bond donors (Lipinski definition) is 2. The fraction of sp³-hybridized carbons (Fsp3) is 0.727. The number of piperidine rings is 1. The van der Waals surface area contributed by atoms with Crippen molar-refractivity contribution in [3.05, 3.63) is 18.0 Å². The van der Waals surface area contributed by atoms with Crippen molar-refractivity contribution in [3.8, 4) is 0 Å². The molecule has 0 aliphatic carbocycles. The van der Waals surface area contributed by atoms with Gasteiger partial charge >= 0.3 is 0 Å². The van der Waals surface area contributed by atoms with Crippen LogP contribution in [-0.2, 0) is 16.8 Å². The summed E-state index contributed by atoms with van der Waals surface area (Å²) in [6.45, 7) is 3.64. The van der Waals surface area contributed by atoms with Crippen LogP contribution >= 0.6 is 0 Å². The maximum atomic E-state index is 12.2. The van der Waals surface area contributed by atoms with E-state index in [1.54, 1.807) is 10.4 Å². The fourth-order valence-electron chi connectivity index (χ4n) is 3.05. The molecular formula is C11H18N4O3S. The number of nitrogens with one attached hydrogen (secondary N) is 2. The molecule has 2 N–H and O–H groups in total. The normalized spacial score (nSPS) is 34.9. The van der Waals surface area contributed by atoms with Crippen LogP contribution in [0.1, 0.15) is 25.5 Å². The van der Waals surface area contributed by atoms with Crippen molar-refractivity contribution >= 4 is 10.2 Å². The standard InChI is InChI=1S/C11H18N4O3S/c1-9-6-11(3-4-12-9)8-13-19(16,17)15(11)7-10-2-5-18-14-10/h2,5,9,12-13H,3-4,6-8H2,1H3. The topological polar surface area (TPSA) is 87.5 Å².